The highest BCUT2D eigenvalue weighted by Gasteiger charge is 2.17. The molecule has 0 amide bonds. The van der Waals surface area contributed by atoms with E-state index in [0.717, 1.165) is 6.42 Å². The molecule has 0 aromatic rings. The van der Waals surface area contributed by atoms with Gasteiger partial charge in [0.2, 0.25) is 0 Å². The molecular formula is C6H12F2O3S. The molecule has 74 valence electrons. The van der Waals surface area contributed by atoms with Crippen LogP contribution in [-0.2, 0) is 14.7 Å². The van der Waals surface area contributed by atoms with Gasteiger partial charge in [-0.1, -0.05) is 23.7 Å². The van der Waals surface area contributed by atoms with Crippen LogP contribution in [0, 0.1) is 0 Å². The number of halogens is 2. The minimum Gasteiger partial charge on any atom is -0.248 e. The highest BCUT2D eigenvalue weighted by Crippen LogP contribution is 2.09. The van der Waals surface area contributed by atoms with Crippen molar-refractivity contribution in [1.82, 2.24) is 0 Å². The largest absolute Gasteiger partial charge is 0.437 e. The molecule has 0 aliphatic carbocycles. The van der Waals surface area contributed by atoms with E-state index < -0.39 is 23.3 Å². The third-order valence-corrected chi connectivity index (χ3v) is 1.80. The zero-order valence-corrected chi connectivity index (χ0v) is 7.61. The van der Waals surface area contributed by atoms with Gasteiger partial charge in [-0.25, -0.2) is 8.57 Å². The van der Waals surface area contributed by atoms with Crippen LogP contribution in [0.1, 0.15) is 26.2 Å². The molecule has 0 radical (unpaired) electrons. The molecule has 0 aliphatic rings. The number of rotatable bonds is 6. The zero-order chi connectivity index (χ0) is 9.61. The Kier molecular flexibility index (Phi) is 5.32. The molecule has 0 bridgehead atoms. The second kappa shape index (κ2) is 5.42. The van der Waals surface area contributed by atoms with Crippen molar-refractivity contribution in [3.63, 3.8) is 0 Å². The van der Waals surface area contributed by atoms with Gasteiger partial charge in [0.15, 0.2) is 0 Å². The van der Waals surface area contributed by atoms with Gasteiger partial charge in [0.1, 0.15) is 12.8 Å². The Hall–Kier alpha value is -0.230. The number of hydrogen-bond donors (Lipinski definition) is 0. The second-order valence-electron chi connectivity index (χ2n) is 2.41. The van der Waals surface area contributed by atoms with E-state index in [1.807, 2.05) is 6.92 Å². The van der Waals surface area contributed by atoms with Crippen molar-refractivity contribution in [2.45, 2.75) is 32.3 Å². The van der Waals surface area contributed by atoms with Crippen LogP contribution in [0.25, 0.3) is 0 Å². The van der Waals surface area contributed by atoms with Crippen LogP contribution in [0.3, 0.4) is 0 Å². The van der Waals surface area contributed by atoms with Crippen LogP contribution in [0.4, 0.5) is 8.28 Å². The molecule has 0 fully saturated rings. The lowest BCUT2D eigenvalue weighted by Crippen LogP contribution is -2.17. The first-order chi connectivity index (χ1) is 5.49. The van der Waals surface area contributed by atoms with Crippen molar-refractivity contribution in [3.05, 3.63) is 0 Å². The van der Waals surface area contributed by atoms with Gasteiger partial charge in [-0.3, -0.25) is 0 Å². The molecule has 1 unspecified atom stereocenters. The smallest absolute Gasteiger partial charge is 0.248 e. The maximum absolute atomic E-state index is 12.0. The van der Waals surface area contributed by atoms with Crippen LogP contribution < -0.4 is 0 Å². The van der Waals surface area contributed by atoms with Crippen molar-refractivity contribution in [1.29, 1.82) is 0 Å². The third-order valence-electron chi connectivity index (χ3n) is 1.30. The Morgan fingerprint density at radius 3 is 2.42 bits per heavy atom. The summed E-state index contributed by atoms with van der Waals surface area (Å²) in [4.78, 5) is 0. The van der Waals surface area contributed by atoms with Gasteiger partial charge in [-0.05, 0) is 6.42 Å². The predicted molar refractivity (Wildman–Crippen MR) is 40.4 cm³/mol. The lowest BCUT2D eigenvalue weighted by Gasteiger charge is -2.08. The minimum atomic E-state index is -5.01. The number of hydrogen-bond acceptors (Lipinski definition) is 3. The summed E-state index contributed by atoms with van der Waals surface area (Å²) in [5.41, 5.74) is 0. The number of unbranched alkanes of at least 4 members (excludes halogenated alkanes) is 1. The summed E-state index contributed by atoms with van der Waals surface area (Å²) in [5.74, 6) is 0. The number of alkyl halides is 1. The molecule has 0 heterocycles. The molecule has 12 heavy (non-hydrogen) atoms. The molecule has 0 N–H and O–H groups in total. The summed E-state index contributed by atoms with van der Waals surface area (Å²) in [5, 5.41) is 0. The van der Waals surface area contributed by atoms with E-state index in [1.165, 1.54) is 0 Å². The molecule has 0 saturated heterocycles. The molecule has 0 rings (SSSR count). The van der Waals surface area contributed by atoms with Crippen molar-refractivity contribution < 1.29 is 20.9 Å². The van der Waals surface area contributed by atoms with Crippen LogP contribution in [0.2, 0.25) is 0 Å². The monoisotopic (exact) mass is 202 g/mol. The van der Waals surface area contributed by atoms with E-state index >= 15 is 0 Å². The Morgan fingerprint density at radius 2 is 2.08 bits per heavy atom. The molecule has 0 spiro atoms. The standard InChI is InChI=1S/C6H12F2O3S/c1-2-3-4-6(5-7)11-12(8,9)10/h6H,2-5H2,1H3. The van der Waals surface area contributed by atoms with Gasteiger partial charge in [0.05, 0.1) is 0 Å². The molecule has 0 aromatic carbocycles. The van der Waals surface area contributed by atoms with Gasteiger partial charge < -0.3 is 0 Å². The summed E-state index contributed by atoms with van der Waals surface area (Å²) in [6.07, 6.45) is 0.451. The van der Waals surface area contributed by atoms with Crippen LogP contribution in [0.15, 0.2) is 0 Å². The summed E-state index contributed by atoms with van der Waals surface area (Å²) in [7, 11) is -5.01. The van der Waals surface area contributed by atoms with Crippen molar-refractivity contribution in [2.24, 2.45) is 0 Å². The SMILES string of the molecule is CCCCC(CF)OS(=O)(=O)F. The average molecular weight is 202 g/mol. The van der Waals surface area contributed by atoms with Crippen molar-refractivity contribution in [2.75, 3.05) is 6.67 Å². The predicted octanol–water partition coefficient (Wildman–Crippen LogP) is 1.75. The first-order valence-corrected chi connectivity index (χ1v) is 4.99. The molecule has 6 heteroatoms. The molecule has 0 aliphatic heterocycles. The van der Waals surface area contributed by atoms with Crippen LogP contribution in [0.5, 0.6) is 0 Å². The average Bonchev–Trinajstić information content (AvgIpc) is 1.95. The fourth-order valence-electron chi connectivity index (χ4n) is 0.745. The first kappa shape index (κ1) is 11.8. The highest BCUT2D eigenvalue weighted by atomic mass is 32.3. The summed E-state index contributed by atoms with van der Waals surface area (Å²) < 4.78 is 47.4. The van der Waals surface area contributed by atoms with Crippen LogP contribution >= 0.6 is 0 Å². The quantitative estimate of drug-likeness (QED) is 0.616. The third kappa shape index (κ3) is 6.48. The van der Waals surface area contributed by atoms with Gasteiger partial charge in [0.25, 0.3) is 0 Å². The minimum absolute atomic E-state index is 0.218. The summed E-state index contributed by atoms with van der Waals surface area (Å²) in [6.45, 7) is 0.877. The normalized spacial score (nSPS) is 14.6. The molecule has 3 nitrogen and oxygen atoms in total. The van der Waals surface area contributed by atoms with E-state index in [1.54, 1.807) is 0 Å². The lowest BCUT2D eigenvalue weighted by molar-refractivity contribution is 0.149. The molecular weight excluding hydrogens is 190 g/mol. The second-order valence-corrected chi connectivity index (χ2v) is 3.39. The van der Waals surface area contributed by atoms with E-state index in [0.29, 0.717) is 6.42 Å². The summed E-state index contributed by atoms with van der Waals surface area (Å²) in [6, 6.07) is 0. The topological polar surface area (TPSA) is 43.4 Å². The van der Waals surface area contributed by atoms with E-state index in [-0.39, 0.29) is 6.42 Å². The molecule has 1 atom stereocenters. The van der Waals surface area contributed by atoms with Gasteiger partial charge in [-0.2, -0.15) is 8.42 Å². The van der Waals surface area contributed by atoms with Crippen molar-refractivity contribution in [3.8, 4) is 0 Å². The Bertz CT molecular complexity index is 203. The fraction of sp³-hybridized carbons (Fsp3) is 1.00. The lowest BCUT2D eigenvalue weighted by atomic mass is 10.2. The van der Waals surface area contributed by atoms with Gasteiger partial charge in [0, 0.05) is 0 Å². The Morgan fingerprint density at radius 1 is 1.50 bits per heavy atom. The maximum Gasteiger partial charge on any atom is 0.437 e. The summed E-state index contributed by atoms with van der Waals surface area (Å²) >= 11 is 0. The van der Waals surface area contributed by atoms with E-state index in [9.17, 15) is 16.7 Å². The van der Waals surface area contributed by atoms with Crippen molar-refractivity contribution >= 4 is 10.5 Å². The van der Waals surface area contributed by atoms with Gasteiger partial charge >= 0.3 is 10.5 Å². The van der Waals surface area contributed by atoms with Gasteiger partial charge in [-0.15, -0.1) is 0 Å². The van der Waals surface area contributed by atoms with E-state index in [2.05, 4.69) is 4.18 Å². The molecule has 0 saturated carbocycles. The maximum atomic E-state index is 12.0. The Labute approximate surface area is 71.1 Å². The Balaban J connectivity index is 3.83. The van der Waals surface area contributed by atoms with Crippen LogP contribution in [-0.4, -0.2) is 21.2 Å². The zero-order valence-electron chi connectivity index (χ0n) is 6.79. The first-order valence-electron chi connectivity index (χ1n) is 3.68. The highest BCUT2D eigenvalue weighted by molar-refractivity contribution is 7.81. The fourth-order valence-corrected chi connectivity index (χ4v) is 1.22. The molecule has 0 aromatic heterocycles. The van der Waals surface area contributed by atoms with E-state index in [4.69, 9.17) is 0 Å².